The Labute approximate surface area is 150 Å². The van der Waals surface area contributed by atoms with E-state index in [1.807, 2.05) is 54.6 Å². The monoisotopic (exact) mass is 346 g/mol. The number of carbonyl (C=O) groups excluding carboxylic acids is 1. The summed E-state index contributed by atoms with van der Waals surface area (Å²) >= 11 is 5.98. The van der Waals surface area contributed by atoms with Crippen molar-refractivity contribution in [2.24, 2.45) is 0 Å². The molecule has 0 atom stereocenters. The first-order valence-corrected chi connectivity index (χ1v) is 8.34. The molecule has 0 spiro atoms. The van der Waals surface area contributed by atoms with Crippen LogP contribution < -0.4 is 0 Å². The number of carbonyl (C=O) groups is 1. The molecule has 0 amide bonds. The van der Waals surface area contributed by atoms with E-state index in [9.17, 15) is 4.79 Å². The quantitative estimate of drug-likeness (QED) is 0.463. The maximum absolute atomic E-state index is 11.0. The van der Waals surface area contributed by atoms with E-state index in [0.717, 1.165) is 40.0 Å². The topological polar surface area (TPSA) is 34.4 Å². The van der Waals surface area contributed by atoms with Crippen LogP contribution in [0.1, 0.15) is 16.1 Å². The fourth-order valence-corrected chi connectivity index (χ4v) is 3.13. The molecule has 3 nitrogen and oxygen atoms in total. The van der Waals surface area contributed by atoms with E-state index < -0.39 is 0 Å². The molecule has 25 heavy (non-hydrogen) atoms. The average molecular weight is 347 g/mol. The summed E-state index contributed by atoms with van der Waals surface area (Å²) in [5.74, 6) is 0. The number of fused-ring (bicyclic) bond motifs is 1. The van der Waals surface area contributed by atoms with Gasteiger partial charge in [-0.15, -0.1) is 0 Å². The molecule has 122 valence electrons. The van der Waals surface area contributed by atoms with Crippen LogP contribution in [0.5, 0.6) is 0 Å². The van der Waals surface area contributed by atoms with Crippen molar-refractivity contribution in [1.29, 1.82) is 0 Å². The van der Waals surface area contributed by atoms with Gasteiger partial charge in [-0.2, -0.15) is 0 Å². The number of nitrogens with zero attached hydrogens (tertiary/aromatic N) is 2. The summed E-state index contributed by atoms with van der Waals surface area (Å²) in [7, 11) is 0. The highest BCUT2D eigenvalue weighted by Gasteiger charge is 2.11. The van der Waals surface area contributed by atoms with Gasteiger partial charge in [0.05, 0.1) is 5.69 Å². The van der Waals surface area contributed by atoms with Gasteiger partial charge in [0.1, 0.15) is 11.9 Å². The van der Waals surface area contributed by atoms with E-state index in [1.165, 1.54) is 0 Å². The molecule has 4 rings (SSSR count). The molecule has 0 fully saturated rings. The summed E-state index contributed by atoms with van der Waals surface area (Å²) in [4.78, 5) is 15.8. The normalized spacial score (nSPS) is 11.0. The second-order valence-corrected chi connectivity index (χ2v) is 6.38. The van der Waals surface area contributed by atoms with E-state index in [-0.39, 0.29) is 0 Å². The summed E-state index contributed by atoms with van der Waals surface area (Å²) in [6.07, 6.45) is 2.92. The Morgan fingerprint density at radius 3 is 2.48 bits per heavy atom. The van der Waals surface area contributed by atoms with Crippen LogP contribution >= 0.6 is 11.6 Å². The fraction of sp³-hybridized carbons (Fsp3) is 0.0476. The van der Waals surface area contributed by atoms with Crippen molar-refractivity contribution in [1.82, 2.24) is 9.38 Å². The third kappa shape index (κ3) is 2.83. The summed E-state index contributed by atoms with van der Waals surface area (Å²) in [6.45, 7) is 2.05. The van der Waals surface area contributed by atoms with E-state index in [4.69, 9.17) is 16.6 Å². The minimum Gasteiger partial charge on any atom is -0.303 e. The second-order valence-electron chi connectivity index (χ2n) is 5.94. The van der Waals surface area contributed by atoms with Gasteiger partial charge < -0.3 is 4.40 Å². The lowest BCUT2D eigenvalue weighted by molar-refractivity contribution is 0.112. The Kier molecular flexibility index (Phi) is 3.86. The highest BCUT2D eigenvalue weighted by molar-refractivity contribution is 6.30. The molecule has 0 N–H and O–H groups in total. The van der Waals surface area contributed by atoms with Gasteiger partial charge in [-0.05, 0) is 48.4 Å². The van der Waals surface area contributed by atoms with Gasteiger partial charge in [0.15, 0.2) is 0 Å². The predicted molar refractivity (Wildman–Crippen MR) is 101 cm³/mol. The summed E-state index contributed by atoms with van der Waals surface area (Å²) in [6, 6.07) is 19.3. The molecule has 2 aromatic heterocycles. The predicted octanol–water partition coefficient (Wildman–Crippen LogP) is 5.44. The van der Waals surface area contributed by atoms with Gasteiger partial charge >= 0.3 is 0 Å². The third-order valence-corrected chi connectivity index (χ3v) is 4.58. The van der Waals surface area contributed by atoms with Crippen LogP contribution in [0.3, 0.4) is 0 Å². The van der Waals surface area contributed by atoms with Crippen LogP contribution in [-0.2, 0) is 0 Å². The maximum atomic E-state index is 11.0. The zero-order valence-corrected chi connectivity index (χ0v) is 14.4. The fourth-order valence-electron chi connectivity index (χ4n) is 3.01. The molecule has 0 radical (unpaired) electrons. The van der Waals surface area contributed by atoms with Crippen molar-refractivity contribution in [3.8, 4) is 22.4 Å². The molecule has 0 aliphatic heterocycles. The molecule has 4 aromatic rings. The lowest BCUT2D eigenvalue weighted by Gasteiger charge is -2.05. The van der Waals surface area contributed by atoms with E-state index in [1.54, 1.807) is 6.07 Å². The van der Waals surface area contributed by atoms with Crippen molar-refractivity contribution >= 4 is 23.5 Å². The first-order chi connectivity index (χ1) is 12.2. The molecule has 0 saturated carbocycles. The first kappa shape index (κ1) is 15.6. The molecule has 4 heteroatoms. The molecule has 0 aliphatic carbocycles. The highest BCUT2D eigenvalue weighted by atomic mass is 35.5. The van der Waals surface area contributed by atoms with Crippen molar-refractivity contribution < 1.29 is 4.79 Å². The second kappa shape index (κ2) is 6.19. The van der Waals surface area contributed by atoms with Crippen LogP contribution in [0.4, 0.5) is 0 Å². The molecular weight excluding hydrogens is 332 g/mol. The van der Waals surface area contributed by atoms with Gasteiger partial charge in [0, 0.05) is 28.0 Å². The zero-order valence-electron chi connectivity index (χ0n) is 13.6. The number of imidazole rings is 1. The summed E-state index contributed by atoms with van der Waals surface area (Å²) in [5, 5.41) is 0.711. The molecule has 2 heterocycles. The number of pyridine rings is 1. The molecule has 2 aromatic carbocycles. The molecule has 0 unspecified atom stereocenters. The Balaban J connectivity index is 1.84. The molecular formula is C21H15ClN2O. The standard InChI is InChI=1S/C21H15ClN2O/c1-14-21(16-5-8-19(22)9-6-16)23-20-10-7-18(12-24(14)20)17-4-2-3-15(11-17)13-25/h2-13H,1H3. The molecule has 0 saturated heterocycles. The van der Waals surface area contributed by atoms with Gasteiger partial charge in [-0.3, -0.25) is 4.79 Å². The Hall–Kier alpha value is -2.91. The lowest BCUT2D eigenvalue weighted by atomic mass is 10.1. The van der Waals surface area contributed by atoms with E-state index >= 15 is 0 Å². The van der Waals surface area contributed by atoms with Crippen molar-refractivity contribution in [2.45, 2.75) is 6.92 Å². The largest absolute Gasteiger partial charge is 0.303 e. The molecule has 0 bridgehead atoms. The van der Waals surface area contributed by atoms with Crippen molar-refractivity contribution in [2.75, 3.05) is 0 Å². The van der Waals surface area contributed by atoms with Crippen LogP contribution in [0.2, 0.25) is 5.02 Å². The number of rotatable bonds is 3. The number of halogens is 1. The first-order valence-electron chi connectivity index (χ1n) is 7.96. The maximum Gasteiger partial charge on any atom is 0.150 e. The average Bonchev–Trinajstić information content (AvgIpc) is 2.98. The SMILES string of the molecule is Cc1c(-c2ccc(Cl)cc2)nc2ccc(-c3cccc(C=O)c3)cn12. The minimum atomic E-state index is 0.668. The Morgan fingerprint density at radius 1 is 0.960 bits per heavy atom. The van der Waals surface area contributed by atoms with Crippen LogP contribution in [0.15, 0.2) is 66.9 Å². The number of hydrogen-bond donors (Lipinski definition) is 0. The van der Waals surface area contributed by atoms with Gasteiger partial charge in [-0.1, -0.05) is 41.9 Å². The number of aromatic nitrogens is 2. The zero-order chi connectivity index (χ0) is 17.4. The van der Waals surface area contributed by atoms with E-state index in [2.05, 4.69) is 17.5 Å². The van der Waals surface area contributed by atoms with Crippen molar-refractivity contribution in [3.63, 3.8) is 0 Å². The van der Waals surface area contributed by atoms with Crippen molar-refractivity contribution in [3.05, 3.63) is 83.1 Å². The van der Waals surface area contributed by atoms with E-state index in [0.29, 0.717) is 10.6 Å². The molecule has 0 aliphatic rings. The Morgan fingerprint density at radius 2 is 1.72 bits per heavy atom. The summed E-state index contributed by atoms with van der Waals surface area (Å²) < 4.78 is 2.08. The summed E-state index contributed by atoms with van der Waals surface area (Å²) in [5.41, 5.74) is 6.64. The van der Waals surface area contributed by atoms with Gasteiger partial charge in [0.2, 0.25) is 0 Å². The third-order valence-electron chi connectivity index (χ3n) is 4.33. The number of benzene rings is 2. The number of aldehydes is 1. The highest BCUT2D eigenvalue weighted by Crippen LogP contribution is 2.27. The van der Waals surface area contributed by atoms with Crippen LogP contribution in [0, 0.1) is 6.92 Å². The minimum absolute atomic E-state index is 0.668. The Bertz CT molecular complexity index is 1080. The van der Waals surface area contributed by atoms with Crippen LogP contribution in [0.25, 0.3) is 28.0 Å². The number of aryl methyl sites for hydroxylation is 1. The smallest absolute Gasteiger partial charge is 0.150 e. The number of hydrogen-bond acceptors (Lipinski definition) is 2. The lowest BCUT2D eigenvalue weighted by Crippen LogP contribution is -1.90. The van der Waals surface area contributed by atoms with Gasteiger partial charge in [-0.25, -0.2) is 4.98 Å². The van der Waals surface area contributed by atoms with Crippen LogP contribution in [-0.4, -0.2) is 15.7 Å². The van der Waals surface area contributed by atoms with Gasteiger partial charge in [0.25, 0.3) is 0 Å².